The van der Waals surface area contributed by atoms with Gasteiger partial charge in [-0.1, -0.05) is 6.92 Å². The van der Waals surface area contributed by atoms with Crippen molar-refractivity contribution in [1.82, 2.24) is 5.48 Å². The monoisotopic (exact) mass is 161 g/mol. The Morgan fingerprint density at radius 1 is 1.64 bits per heavy atom. The first-order valence-electron chi connectivity index (χ1n) is 3.23. The van der Waals surface area contributed by atoms with Crippen LogP contribution in [0.25, 0.3) is 0 Å². The Morgan fingerprint density at radius 2 is 2.18 bits per heavy atom. The van der Waals surface area contributed by atoms with Crippen LogP contribution in [0.4, 0.5) is 0 Å². The van der Waals surface area contributed by atoms with Crippen molar-refractivity contribution in [1.29, 1.82) is 0 Å². The molecule has 0 unspecified atom stereocenters. The zero-order chi connectivity index (χ0) is 8.85. The maximum absolute atomic E-state index is 10.3. The summed E-state index contributed by atoms with van der Waals surface area (Å²) in [6.45, 7) is 2.87. The molecule has 11 heavy (non-hydrogen) atoms. The van der Waals surface area contributed by atoms with E-state index < -0.39 is 18.0 Å². The number of aliphatic carboxylic acids is 1. The molecule has 0 radical (unpaired) electrons. The van der Waals surface area contributed by atoms with Crippen LogP contribution in [0.15, 0.2) is 0 Å². The summed E-state index contributed by atoms with van der Waals surface area (Å²) in [5, 5.41) is 8.43. The maximum atomic E-state index is 10.3. The molecule has 0 rings (SSSR count). The average Bonchev–Trinajstić information content (AvgIpc) is 1.87. The Hall–Kier alpha value is -1.10. The Labute approximate surface area is 64.3 Å². The molecule has 0 saturated heterocycles. The Bertz CT molecular complexity index is 157. The topological polar surface area (TPSA) is 75.6 Å². The van der Waals surface area contributed by atoms with E-state index in [1.807, 2.05) is 0 Å². The molecule has 0 aliphatic heterocycles. The van der Waals surface area contributed by atoms with E-state index in [9.17, 15) is 9.59 Å². The number of hydrogen-bond donors (Lipinski definition) is 2. The molecule has 0 heterocycles. The maximum Gasteiger partial charge on any atom is 0.324 e. The highest BCUT2D eigenvalue weighted by molar-refractivity contribution is 5.73. The summed E-state index contributed by atoms with van der Waals surface area (Å²) < 4.78 is 0. The molecule has 0 aliphatic rings. The van der Waals surface area contributed by atoms with Gasteiger partial charge in [0.1, 0.15) is 6.04 Å². The van der Waals surface area contributed by atoms with E-state index in [1.54, 1.807) is 6.92 Å². The highest BCUT2D eigenvalue weighted by Gasteiger charge is 2.14. The SMILES string of the molecule is CC[C@H](NOC(C)=O)C(=O)O. The predicted octanol–water partition coefficient (Wildman–Crippen LogP) is -0.0827. The molecule has 0 aromatic rings. The van der Waals surface area contributed by atoms with Crippen molar-refractivity contribution in [2.45, 2.75) is 26.3 Å². The Balaban J connectivity index is 3.70. The van der Waals surface area contributed by atoms with Gasteiger partial charge >= 0.3 is 11.9 Å². The molecule has 0 aromatic heterocycles. The summed E-state index contributed by atoms with van der Waals surface area (Å²) in [6, 6.07) is -0.820. The van der Waals surface area contributed by atoms with E-state index in [1.165, 1.54) is 6.92 Å². The second-order valence-electron chi connectivity index (χ2n) is 2.01. The molecule has 64 valence electrons. The van der Waals surface area contributed by atoms with E-state index >= 15 is 0 Å². The predicted molar refractivity (Wildman–Crippen MR) is 36.6 cm³/mol. The van der Waals surface area contributed by atoms with Crippen molar-refractivity contribution in [3.63, 3.8) is 0 Å². The van der Waals surface area contributed by atoms with Crippen molar-refractivity contribution in [2.75, 3.05) is 0 Å². The fraction of sp³-hybridized carbons (Fsp3) is 0.667. The zero-order valence-electron chi connectivity index (χ0n) is 6.46. The van der Waals surface area contributed by atoms with Crippen LogP contribution in [-0.2, 0) is 14.4 Å². The van der Waals surface area contributed by atoms with Crippen LogP contribution in [0.1, 0.15) is 20.3 Å². The highest BCUT2D eigenvalue weighted by atomic mass is 16.7. The van der Waals surface area contributed by atoms with Crippen LogP contribution in [-0.4, -0.2) is 23.1 Å². The summed E-state index contributed by atoms with van der Waals surface area (Å²) in [4.78, 5) is 24.8. The summed E-state index contributed by atoms with van der Waals surface area (Å²) in [5.74, 6) is -1.58. The number of carboxylic acids is 1. The van der Waals surface area contributed by atoms with Gasteiger partial charge in [-0.2, -0.15) is 0 Å². The number of carbonyl (C=O) groups is 2. The molecule has 0 aromatic carbocycles. The number of carboxylic acid groups (broad SMARTS) is 1. The van der Waals surface area contributed by atoms with Crippen molar-refractivity contribution in [3.8, 4) is 0 Å². The van der Waals surface area contributed by atoms with Gasteiger partial charge in [-0.3, -0.25) is 9.59 Å². The molecular weight excluding hydrogens is 150 g/mol. The molecule has 0 spiro atoms. The van der Waals surface area contributed by atoms with Crippen LogP contribution >= 0.6 is 0 Å². The lowest BCUT2D eigenvalue weighted by atomic mass is 10.2. The van der Waals surface area contributed by atoms with Gasteiger partial charge < -0.3 is 9.94 Å². The highest BCUT2D eigenvalue weighted by Crippen LogP contribution is 1.90. The van der Waals surface area contributed by atoms with Crippen molar-refractivity contribution in [2.24, 2.45) is 0 Å². The molecule has 5 nitrogen and oxygen atoms in total. The van der Waals surface area contributed by atoms with E-state index in [0.29, 0.717) is 6.42 Å². The second kappa shape index (κ2) is 4.68. The van der Waals surface area contributed by atoms with Crippen LogP contribution in [0, 0.1) is 0 Å². The van der Waals surface area contributed by atoms with Crippen molar-refractivity contribution in [3.05, 3.63) is 0 Å². The molecule has 0 saturated carbocycles. The third-order valence-corrected chi connectivity index (χ3v) is 1.05. The Kier molecular flexibility index (Phi) is 4.21. The lowest BCUT2D eigenvalue weighted by Crippen LogP contribution is -2.37. The van der Waals surface area contributed by atoms with E-state index in [4.69, 9.17) is 5.11 Å². The van der Waals surface area contributed by atoms with Crippen molar-refractivity contribution >= 4 is 11.9 Å². The third kappa shape index (κ3) is 4.32. The lowest BCUT2D eigenvalue weighted by molar-refractivity contribution is -0.155. The molecule has 0 amide bonds. The van der Waals surface area contributed by atoms with E-state index in [-0.39, 0.29) is 0 Å². The minimum atomic E-state index is -1.03. The minimum Gasteiger partial charge on any atom is -0.480 e. The fourth-order valence-electron chi connectivity index (χ4n) is 0.462. The number of rotatable bonds is 4. The summed E-state index contributed by atoms with van der Waals surface area (Å²) >= 11 is 0. The van der Waals surface area contributed by atoms with Gasteiger partial charge in [0.15, 0.2) is 0 Å². The van der Waals surface area contributed by atoms with E-state index in [0.717, 1.165) is 0 Å². The van der Waals surface area contributed by atoms with Gasteiger partial charge in [-0.05, 0) is 6.42 Å². The zero-order valence-corrected chi connectivity index (χ0v) is 6.46. The van der Waals surface area contributed by atoms with Gasteiger partial charge in [0, 0.05) is 6.92 Å². The summed E-state index contributed by atoms with van der Waals surface area (Å²) in [5.41, 5.74) is 2.12. The molecule has 1 atom stereocenters. The molecular formula is C6H11NO4. The largest absolute Gasteiger partial charge is 0.480 e. The van der Waals surface area contributed by atoms with Gasteiger partial charge in [-0.25, -0.2) is 0 Å². The van der Waals surface area contributed by atoms with Gasteiger partial charge in [0.05, 0.1) is 0 Å². The first kappa shape index (κ1) is 9.90. The number of hydrogen-bond acceptors (Lipinski definition) is 4. The number of carbonyl (C=O) groups excluding carboxylic acids is 1. The molecule has 0 fully saturated rings. The first-order valence-corrected chi connectivity index (χ1v) is 3.23. The molecule has 0 aliphatic carbocycles. The second-order valence-corrected chi connectivity index (χ2v) is 2.01. The standard InChI is InChI=1S/C6H11NO4/c1-3-5(6(9)10)7-11-4(2)8/h5,7H,3H2,1-2H3,(H,9,10)/t5-/m0/s1. The van der Waals surface area contributed by atoms with Gasteiger partial charge in [-0.15, -0.1) is 5.48 Å². The molecule has 2 N–H and O–H groups in total. The average molecular weight is 161 g/mol. The number of nitrogens with one attached hydrogen (secondary N) is 1. The van der Waals surface area contributed by atoms with Crippen LogP contribution in [0.5, 0.6) is 0 Å². The summed E-state index contributed by atoms with van der Waals surface area (Å²) in [6.07, 6.45) is 0.364. The lowest BCUT2D eigenvalue weighted by Gasteiger charge is -2.09. The third-order valence-electron chi connectivity index (χ3n) is 1.05. The summed E-state index contributed by atoms with van der Waals surface area (Å²) in [7, 11) is 0. The smallest absolute Gasteiger partial charge is 0.324 e. The number of hydroxylamine groups is 1. The Morgan fingerprint density at radius 3 is 2.45 bits per heavy atom. The van der Waals surface area contributed by atoms with E-state index in [2.05, 4.69) is 10.3 Å². The van der Waals surface area contributed by atoms with Gasteiger partial charge in [0.2, 0.25) is 0 Å². The minimum absolute atomic E-state index is 0.364. The van der Waals surface area contributed by atoms with Gasteiger partial charge in [0.25, 0.3) is 0 Å². The quantitative estimate of drug-likeness (QED) is 0.564. The first-order chi connectivity index (χ1) is 5.07. The molecule has 5 heteroatoms. The van der Waals surface area contributed by atoms with Crippen LogP contribution in [0.2, 0.25) is 0 Å². The van der Waals surface area contributed by atoms with Crippen molar-refractivity contribution < 1.29 is 19.5 Å². The van der Waals surface area contributed by atoms with Crippen LogP contribution in [0.3, 0.4) is 0 Å². The normalized spacial score (nSPS) is 12.2. The fourth-order valence-corrected chi connectivity index (χ4v) is 0.462. The molecule has 0 bridgehead atoms. The van der Waals surface area contributed by atoms with Crippen LogP contribution < -0.4 is 5.48 Å².